The second kappa shape index (κ2) is 7.50. The van der Waals surface area contributed by atoms with Crippen LogP contribution in [0.15, 0.2) is 0 Å². The van der Waals surface area contributed by atoms with E-state index >= 15 is 0 Å². The van der Waals surface area contributed by atoms with Crippen LogP contribution in [-0.4, -0.2) is 47.4 Å². The number of carbonyl (C=O) groups is 1. The number of ether oxygens (including phenoxy) is 1. The molecule has 0 aromatic carbocycles. The Labute approximate surface area is 105 Å². The van der Waals surface area contributed by atoms with E-state index in [1.807, 2.05) is 0 Å². The number of likely N-dealkylation sites (N-methyl/N-ethyl adjacent to an activating group) is 1. The first-order valence-electron chi connectivity index (χ1n) is 5.73. The third kappa shape index (κ3) is 17.8. The molecule has 0 aliphatic carbocycles. The summed E-state index contributed by atoms with van der Waals surface area (Å²) >= 11 is 0. The molecule has 0 bridgehead atoms. The van der Waals surface area contributed by atoms with Crippen molar-refractivity contribution in [3.63, 3.8) is 0 Å². The van der Waals surface area contributed by atoms with Gasteiger partial charge < -0.3 is 20.5 Å². The normalized spacial score (nSPS) is 11.5. The molecule has 17 heavy (non-hydrogen) atoms. The lowest BCUT2D eigenvalue weighted by Crippen LogP contribution is -2.31. The fraction of sp³-hybridized carbons (Fsp3) is 0.917. The van der Waals surface area contributed by atoms with Crippen LogP contribution in [0, 0.1) is 0 Å². The summed E-state index contributed by atoms with van der Waals surface area (Å²) in [5, 5.41) is 8.18. The lowest BCUT2D eigenvalue weighted by molar-refractivity contribution is -0.102. The minimum absolute atomic E-state index is 0.0156. The minimum Gasteiger partial charge on any atom is -0.465 e. The Hall–Kier alpha value is -0.810. The molecule has 0 radical (unpaired) electrons. The summed E-state index contributed by atoms with van der Waals surface area (Å²) in [4.78, 5) is 11.1. The quantitative estimate of drug-likeness (QED) is 0.785. The Morgan fingerprint density at radius 3 is 1.59 bits per heavy atom. The van der Waals surface area contributed by atoms with Gasteiger partial charge in [-0.05, 0) is 41.5 Å². The summed E-state index contributed by atoms with van der Waals surface area (Å²) in [5.41, 5.74) is 5.03. The first-order chi connectivity index (χ1) is 7.39. The summed E-state index contributed by atoms with van der Waals surface area (Å²) in [6, 6.07) is 0. The molecule has 0 atom stereocenters. The van der Waals surface area contributed by atoms with Crippen molar-refractivity contribution in [2.45, 2.75) is 52.7 Å². The molecular formula is C12H28N2O3. The van der Waals surface area contributed by atoms with Gasteiger partial charge in [-0.2, -0.15) is 0 Å². The van der Waals surface area contributed by atoms with Crippen molar-refractivity contribution in [2.75, 3.05) is 20.1 Å². The van der Waals surface area contributed by atoms with Crippen LogP contribution < -0.4 is 5.73 Å². The van der Waals surface area contributed by atoms with E-state index < -0.39 is 6.09 Å². The van der Waals surface area contributed by atoms with Crippen molar-refractivity contribution in [3.05, 3.63) is 0 Å². The number of rotatable bonds is 2. The van der Waals surface area contributed by atoms with Crippen molar-refractivity contribution >= 4 is 6.09 Å². The molecule has 1 amide bonds. The maximum atomic E-state index is 9.96. The van der Waals surface area contributed by atoms with Crippen molar-refractivity contribution < 1.29 is 14.6 Å². The van der Waals surface area contributed by atoms with Gasteiger partial charge in [0.25, 0.3) is 0 Å². The van der Waals surface area contributed by atoms with Gasteiger partial charge in [0, 0.05) is 20.1 Å². The number of nitrogens with two attached hydrogens (primary N) is 1. The Morgan fingerprint density at radius 1 is 1.18 bits per heavy atom. The smallest absolute Gasteiger partial charge is 0.407 e. The van der Waals surface area contributed by atoms with Gasteiger partial charge in [0.05, 0.1) is 11.2 Å². The first kappa shape index (κ1) is 18.6. The molecule has 0 spiro atoms. The summed E-state index contributed by atoms with van der Waals surface area (Å²) < 4.78 is 5.62. The number of hydrogen-bond donors (Lipinski definition) is 2. The average Bonchev–Trinajstić information content (AvgIpc) is 1.98. The molecule has 0 aliphatic heterocycles. The lowest BCUT2D eigenvalue weighted by atomic mass is 10.1. The van der Waals surface area contributed by atoms with Crippen LogP contribution in [0.3, 0.4) is 0 Å². The summed E-state index contributed by atoms with van der Waals surface area (Å²) in [6.07, 6.45) is -0.935. The summed E-state index contributed by atoms with van der Waals surface area (Å²) in [7, 11) is 1.48. The molecule has 0 saturated heterocycles. The fourth-order valence-electron chi connectivity index (χ4n) is 1.21. The Bertz CT molecular complexity index is 205. The molecule has 5 heteroatoms. The molecule has 3 N–H and O–H groups in total. The Morgan fingerprint density at radius 2 is 1.53 bits per heavy atom. The van der Waals surface area contributed by atoms with Gasteiger partial charge in [-0.3, -0.25) is 0 Å². The van der Waals surface area contributed by atoms with Crippen LogP contribution in [0.5, 0.6) is 0 Å². The zero-order chi connectivity index (χ0) is 14.3. The maximum absolute atomic E-state index is 9.96. The minimum atomic E-state index is -0.935. The number of amides is 1. The predicted octanol–water partition coefficient (Wildman–Crippen LogP) is 2.15. The topological polar surface area (TPSA) is 75.8 Å². The van der Waals surface area contributed by atoms with Gasteiger partial charge in [-0.25, -0.2) is 4.79 Å². The average molecular weight is 248 g/mol. The largest absolute Gasteiger partial charge is 0.465 e. The van der Waals surface area contributed by atoms with E-state index in [2.05, 4.69) is 41.5 Å². The summed E-state index contributed by atoms with van der Waals surface area (Å²) in [6.45, 7) is 13.2. The van der Waals surface area contributed by atoms with Gasteiger partial charge in [-0.1, -0.05) is 0 Å². The van der Waals surface area contributed by atoms with Gasteiger partial charge in [0.1, 0.15) is 0 Å². The van der Waals surface area contributed by atoms with Crippen LogP contribution in [0.1, 0.15) is 41.5 Å². The molecular weight excluding hydrogens is 220 g/mol. The number of hydrogen-bond acceptors (Lipinski definition) is 3. The molecule has 0 aromatic heterocycles. The Kier molecular flexibility index (Phi) is 8.19. The van der Waals surface area contributed by atoms with Crippen molar-refractivity contribution in [1.29, 1.82) is 0 Å². The molecule has 104 valence electrons. The van der Waals surface area contributed by atoms with E-state index in [0.717, 1.165) is 4.90 Å². The molecule has 0 rings (SSSR count). The van der Waals surface area contributed by atoms with Crippen molar-refractivity contribution in [2.24, 2.45) is 5.73 Å². The van der Waals surface area contributed by atoms with E-state index in [1.54, 1.807) is 0 Å². The SMILES string of the molecule is CC(C)(C)OC(C)(C)C.CN(CCN)C(=O)O. The van der Waals surface area contributed by atoms with E-state index in [9.17, 15) is 4.79 Å². The van der Waals surface area contributed by atoms with Gasteiger partial charge >= 0.3 is 6.09 Å². The first-order valence-corrected chi connectivity index (χ1v) is 5.73. The third-order valence-corrected chi connectivity index (χ3v) is 1.40. The van der Waals surface area contributed by atoms with Crippen LogP contribution in [0.2, 0.25) is 0 Å². The molecule has 0 aromatic rings. The van der Waals surface area contributed by atoms with Crippen molar-refractivity contribution in [3.8, 4) is 0 Å². The van der Waals surface area contributed by atoms with Crippen LogP contribution >= 0.6 is 0 Å². The molecule has 0 fully saturated rings. The third-order valence-electron chi connectivity index (χ3n) is 1.40. The van der Waals surface area contributed by atoms with Crippen LogP contribution in [-0.2, 0) is 4.74 Å². The highest BCUT2D eigenvalue weighted by Gasteiger charge is 2.19. The fourth-order valence-corrected chi connectivity index (χ4v) is 1.21. The van der Waals surface area contributed by atoms with Gasteiger partial charge in [0.2, 0.25) is 0 Å². The lowest BCUT2D eigenvalue weighted by Gasteiger charge is -2.30. The maximum Gasteiger partial charge on any atom is 0.407 e. The zero-order valence-electron chi connectivity index (χ0n) is 12.2. The standard InChI is InChI=1S/C8H18O.C4H10N2O2/c1-7(2,3)9-8(4,5)6;1-6(3-2-5)4(7)8/h1-6H3;2-3,5H2,1H3,(H,7,8). The van der Waals surface area contributed by atoms with Gasteiger partial charge in [0.15, 0.2) is 0 Å². The highest BCUT2D eigenvalue weighted by atomic mass is 16.5. The van der Waals surface area contributed by atoms with Crippen molar-refractivity contribution in [1.82, 2.24) is 4.90 Å². The number of nitrogens with zero attached hydrogens (tertiary/aromatic N) is 1. The van der Waals surface area contributed by atoms with E-state index in [-0.39, 0.29) is 11.2 Å². The van der Waals surface area contributed by atoms with E-state index in [0.29, 0.717) is 13.1 Å². The predicted molar refractivity (Wildman–Crippen MR) is 70.3 cm³/mol. The molecule has 0 aliphatic rings. The molecule has 0 unspecified atom stereocenters. The molecule has 0 heterocycles. The molecule has 0 saturated carbocycles. The highest BCUT2D eigenvalue weighted by molar-refractivity contribution is 5.64. The Balaban J connectivity index is 0. The second-order valence-electron chi connectivity index (χ2n) is 5.82. The van der Waals surface area contributed by atoms with Crippen LogP contribution in [0.25, 0.3) is 0 Å². The van der Waals surface area contributed by atoms with Gasteiger partial charge in [-0.15, -0.1) is 0 Å². The number of carboxylic acid groups (broad SMARTS) is 1. The zero-order valence-corrected chi connectivity index (χ0v) is 12.2. The second-order valence-corrected chi connectivity index (χ2v) is 5.82. The monoisotopic (exact) mass is 248 g/mol. The van der Waals surface area contributed by atoms with E-state index in [4.69, 9.17) is 15.6 Å². The van der Waals surface area contributed by atoms with E-state index in [1.165, 1.54) is 7.05 Å². The molecule has 5 nitrogen and oxygen atoms in total. The van der Waals surface area contributed by atoms with Crippen LogP contribution in [0.4, 0.5) is 4.79 Å². The highest BCUT2D eigenvalue weighted by Crippen LogP contribution is 2.17. The summed E-state index contributed by atoms with van der Waals surface area (Å²) in [5.74, 6) is 0.